The van der Waals surface area contributed by atoms with E-state index in [1.54, 1.807) is 0 Å². The van der Waals surface area contributed by atoms with Crippen LogP contribution in [-0.2, 0) is 5.33 Å². The van der Waals surface area contributed by atoms with Crippen molar-refractivity contribution in [3.63, 3.8) is 0 Å². The van der Waals surface area contributed by atoms with Gasteiger partial charge in [0.15, 0.2) is 5.78 Å². The molecule has 0 bridgehead atoms. The van der Waals surface area contributed by atoms with E-state index in [-0.39, 0.29) is 5.78 Å². The highest BCUT2D eigenvalue weighted by Crippen LogP contribution is 2.23. The fourth-order valence-corrected chi connectivity index (χ4v) is 2.64. The quantitative estimate of drug-likeness (QED) is 0.558. The summed E-state index contributed by atoms with van der Waals surface area (Å²) in [5, 5.41) is 0.782. The van der Waals surface area contributed by atoms with E-state index in [2.05, 4.69) is 31.9 Å². The van der Waals surface area contributed by atoms with Gasteiger partial charge in [0, 0.05) is 20.9 Å². The van der Waals surface area contributed by atoms with Crippen molar-refractivity contribution in [2.75, 3.05) is 0 Å². The molecule has 0 aliphatic rings. The molecule has 92 valence electrons. The van der Waals surface area contributed by atoms with Gasteiger partial charge < -0.3 is 0 Å². The van der Waals surface area contributed by atoms with Gasteiger partial charge in [0.25, 0.3) is 0 Å². The van der Waals surface area contributed by atoms with E-state index in [9.17, 15) is 4.79 Å². The minimum atomic E-state index is 0.0444. The zero-order valence-corrected chi connectivity index (χ0v) is 13.1. The highest BCUT2D eigenvalue weighted by molar-refractivity contribution is 9.10. The second kappa shape index (κ2) is 5.81. The molecule has 0 N–H and O–H groups in total. The number of ketones is 1. The number of carbonyl (C=O) groups excluding carboxylic acids is 1. The Morgan fingerprint density at radius 2 is 1.78 bits per heavy atom. The molecule has 0 spiro atoms. The van der Waals surface area contributed by atoms with Crippen LogP contribution in [0.3, 0.4) is 0 Å². The summed E-state index contributed by atoms with van der Waals surface area (Å²) in [5.74, 6) is 0.0444. The molecule has 18 heavy (non-hydrogen) atoms. The molecule has 0 saturated carbocycles. The molecule has 0 aliphatic heterocycles. The van der Waals surface area contributed by atoms with E-state index in [0.29, 0.717) is 11.1 Å². The third-order valence-electron chi connectivity index (χ3n) is 2.75. The number of aryl methyl sites for hydroxylation is 1. The Morgan fingerprint density at radius 1 is 1.11 bits per heavy atom. The fraction of sp³-hybridized carbons (Fsp3) is 0.133. The Morgan fingerprint density at radius 3 is 2.33 bits per heavy atom. The maximum absolute atomic E-state index is 12.3. The Kier molecular flexibility index (Phi) is 4.36. The van der Waals surface area contributed by atoms with Gasteiger partial charge in [0.2, 0.25) is 0 Å². The van der Waals surface area contributed by atoms with Gasteiger partial charge in [-0.2, -0.15) is 0 Å². The first kappa shape index (κ1) is 13.5. The smallest absolute Gasteiger partial charge is 0.194 e. The van der Waals surface area contributed by atoms with Gasteiger partial charge in [-0.15, -0.1) is 0 Å². The van der Waals surface area contributed by atoms with Crippen molar-refractivity contribution in [1.29, 1.82) is 0 Å². The van der Waals surface area contributed by atoms with Gasteiger partial charge in [-0.3, -0.25) is 4.79 Å². The summed E-state index contributed by atoms with van der Waals surface area (Å²) in [7, 11) is 0. The third kappa shape index (κ3) is 2.90. The van der Waals surface area contributed by atoms with Crippen LogP contribution in [0.25, 0.3) is 0 Å². The number of benzene rings is 2. The van der Waals surface area contributed by atoms with E-state index >= 15 is 0 Å². The Hall–Kier alpha value is -0.930. The van der Waals surface area contributed by atoms with E-state index in [0.717, 1.165) is 20.9 Å². The van der Waals surface area contributed by atoms with Crippen LogP contribution < -0.4 is 0 Å². The van der Waals surface area contributed by atoms with Crippen molar-refractivity contribution in [3.8, 4) is 0 Å². The maximum Gasteiger partial charge on any atom is 0.194 e. The van der Waals surface area contributed by atoms with Gasteiger partial charge in [0.1, 0.15) is 0 Å². The largest absolute Gasteiger partial charge is 0.289 e. The van der Waals surface area contributed by atoms with E-state index in [1.807, 2.05) is 49.4 Å². The van der Waals surface area contributed by atoms with Gasteiger partial charge in [0.05, 0.1) is 0 Å². The molecule has 2 rings (SSSR count). The predicted molar refractivity (Wildman–Crippen MR) is 81.4 cm³/mol. The molecule has 0 aromatic heterocycles. The van der Waals surface area contributed by atoms with E-state index in [4.69, 9.17) is 0 Å². The number of hydrogen-bond acceptors (Lipinski definition) is 1. The van der Waals surface area contributed by atoms with Crippen LogP contribution in [0.2, 0.25) is 0 Å². The molecule has 0 aliphatic carbocycles. The molecular weight excluding hydrogens is 356 g/mol. The highest BCUT2D eigenvalue weighted by Gasteiger charge is 2.12. The number of hydrogen-bond donors (Lipinski definition) is 0. The zero-order valence-electron chi connectivity index (χ0n) is 9.91. The van der Waals surface area contributed by atoms with Gasteiger partial charge >= 0.3 is 0 Å². The molecule has 3 heteroatoms. The van der Waals surface area contributed by atoms with Gasteiger partial charge in [-0.05, 0) is 24.6 Å². The minimum absolute atomic E-state index is 0.0444. The summed E-state index contributed by atoms with van der Waals surface area (Å²) in [6.45, 7) is 2.01. The number of halogens is 2. The van der Waals surface area contributed by atoms with Crippen LogP contribution >= 0.6 is 31.9 Å². The lowest BCUT2D eigenvalue weighted by molar-refractivity contribution is 0.103. The monoisotopic (exact) mass is 366 g/mol. The van der Waals surface area contributed by atoms with E-state index < -0.39 is 0 Å². The van der Waals surface area contributed by atoms with E-state index in [1.165, 1.54) is 0 Å². The second-order valence-corrected chi connectivity index (χ2v) is 5.56. The predicted octanol–water partition coefficient (Wildman–Crippen LogP) is 4.88. The molecule has 0 amide bonds. The molecule has 2 aromatic carbocycles. The summed E-state index contributed by atoms with van der Waals surface area (Å²) in [5.41, 5.74) is 3.71. The lowest BCUT2D eigenvalue weighted by atomic mass is 10.0. The average molecular weight is 368 g/mol. The van der Waals surface area contributed by atoms with Crippen LogP contribution in [-0.4, -0.2) is 5.78 Å². The molecule has 0 fully saturated rings. The number of rotatable bonds is 3. The standard InChI is InChI=1S/C15H12Br2O/c1-10-2-5-12(6-3-10)15(18)13-7-4-11(9-16)8-14(13)17/h2-8H,9H2,1H3. The lowest BCUT2D eigenvalue weighted by Crippen LogP contribution is -2.02. The molecule has 0 unspecified atom stereocenters. The Bertz CT molecular complexity index is 574. The zero-order chi connectivity index (χ0) is 13.1. The summed E-state index contributed by atoms with van der Waals surface area (Å²) in [6, 6.07) is 13.4. The van der Waals surface area contributed by atoms with Crippen LogP contribution in [0.5, 0.6) is 0 Å². The molecule has 0 saturated heterocycles. The minimum Gasteiger partial charge on any atom is -0.289 e. The normalized spacial score (nSPS) is 10.4. The molecular formula is C15H12Br2O. The summed E-state index contributed by atoms with van der Waals surface area (Å²) in [6.07, 6.45) is 0. The molecule has 2 aromatic rings. The first-order chi connectivity index (χ1) is 8.61. The first-order valence-electron chi connectivity index (χ1n) is 5.57. The SMILES string of the molecule is Cc1ccc(C(=O)c2ccc(CBr)cc2Br)cc1. The highest BCUT2D eigenvalue weighted by atomic mass is 79.9. The van der Waals surface area contributed by atoms with Crippen LogP contribution in [0.4, 0.5) is 0 Å². The van der Waals surface area contributed by atoms with Crippen molar-refractivity contribution in [1.82, 2.24) is 0 Å². The second-order valence-electron chi connectivity index (χ2n) is 4.14. The summed E-state index contributed by atoms with van der Waals surface area (Å²) < 4.78 is 0.838. The van der Waals surface area contributed by atoms with Crippen molar-refractivity contribution in [3.05, 3.63) is 69.2 Å². The topological polar surface area (TPSA) is 17.1 Å². The number of carbonyl (C=O) groups is 1. The Labute approximate surface area is 123 Å². The van der Waals surface area contributed by atoms with Crippen molar-refractivity contribution in [2.45, 2.75) is 12.3 Å². The first-order valence-corrected chi connectivity index (χ1v) is 7.49. The van der Waals surface area contributed by atoms with Gasteiger partial charge in [-0.25, -0.2) is 0 Å². The fourth-order valence-electron chi connectivity index (χ4n) is 1.69. The molecule has 0 atom stereocenters. The summed E-state index contributed by atoms with van der Waals surface area (Å²) in [4.78, 5) is 12.3. The van der Waals surface area contributed by atoms with Crippen LogP contribution in [0.15, 0.2) is 46.9 Å². The summed E-state index contributed by atoms with van der Waals surface area (Å²) >= 11 is 6.86. The molecule has 0 radical (unpaired) electrons. The van der Waals surface area contributed by atoms with Crippen molar-refractivity contribution in [2.24, 2.45) is 0 Å². The van der Waals surface area contributed by atoms with Gasteiger partial charge in [-0.1, -0.05) is 67.8 Å². The van der Waals surface area contributed by atoms with Crippen molar-refractivity contribution >= 4 is 37.6 Å². The molecule has 0 heterocycles. The van der Waals surface area contributed by atoms with Crippen molar-refractivity contribution < 1.29 is 4.79 Å². The number of alkyl halides is 1. The third-order valence-corrected chi connectivity index (χ3v) is 4.05. The lowest BCUT2D eigenvalue weighted by Gasteiger charge is -2.06. The van der Waals surface area contributed by atoms with Crippen LogP contribution in [0.1, 0.15) is 27.0 Å². The Balaban J connectivity index is 2.37. The van der Waals surface area contributed by atoms with Crippen LogP contribution in [0, 0.1) is 6.92 Å². The maximum atomic E-state index is 12.3. The average Bonchev–Trinajstić information content (AvgIpc) is 2.38. The molecule has 1 nitrogen and oxygen atoms in total.